The normalized spacial score (nSPS) is 26.3. The minimum Gasteiger partial charge on any atom is -0.353 e. The van der Waals surface area contributed by atoms with Gasteiger partial charge in [-0.3, -0.25) is 9.59 Å². The van der Waals surface area contributed by atoms with Gasteiger partial charge < -0.3 is 16.0 Å². The van der Waals surface area contributed by atoms with Crippen LogP contribution in [0.3, 0.4) is 0 Å². The van der Waals surface area contributed by atoms with E-state index in [0.29, 0.717) is 22.3 Å². The van der Waals surface area contributed by atoms with E-state index >= 15 is 0 Å². The van der Waals surface area contributed by atoms with Crippen molar-refractivity contribution in [3.8, 4) is 0 Å². The van der Waals surface area contributed by atoms with Gasteiger partial charge >= 0.3 is 0 Å². The number of halogens is 3. The van der Waals surface area contributed by atoms with Crippen molar-refractivity contribution in [3.05, 3.63) is 28.2 Å². The number of carbonyl (C=O) groups is 2. The van der Waals surface area contributed by atoms with E-state index in [1.165, 1.54) is 0 Å². The molecule has 0 spiro atoms. The van der Waals surface area contributed by atoms with Crippen LogP contribution >= 0.6 is 35.6 Å². The first-order valence-corrected chi connectivity index (χ1v) is 9.00. The zero-order valence-electron chi connectivity index (χ0n) is 13.7. The van der Waals surface area contributed by atoms with Crippen LogP contribution in [-0.4, -0.2) is 30.4 Å². The molecule has 1 unspecified atom stereocenters. The van der Waals surface area contributed by atoms with Crippen molar-refractivity contribution >= 4 is 53.1 Å². The van der Waals surface area contributed by atoms with Crippen LogP contribution in [0.5, 0.6) is 0 Å². The number of nitrogens with one attached hydrogen (secondary N) is 1. The third-order valence-corrected chi connectivity index (χ3v) is 5.21. The maximum absolute atomic E-state index is 12.5. The number of hydrogen-bond donors (Lipinski definition) is 2. The lowest BCUT2D eigenvalue weighted by molar-refractivity contribution is -0.127. The molecule has 3 N–H and O–H groups in total. The molecular weight excluding hydrogens is 385 g/mol. The second kappa shape index (κ2) is 8.58. The lowest BCUT2D eigenvalue weighted by atomic mass is 9.91. The summed E-state index contributed by atoms with van der Waals surface area (Å²) in [4.78, 5) is 26.4. The first-order valence-electron chi connectivity index (χ1n) is 8.25. The number of carbonyl (C=O) groups excluding carboxylic acids is 2. The molecule has 25 heavy (non-hydrogen) atoms. The van der Waals surface area contributed by atoms with Crippen molar-refractivity contribution < 1.29 is 9.59 Å². The van der Waals surface area contributed by atoms with E-state index in [1.807, 2.05) is 0 Å². The zero-order chi connectivity index (χ0) is 17.3. The van der Waals surface area contributed by atoms with Crippen molar-refractivity contribution in [1.29, 1.82) is 0 Å². The van der Waals surface area contributed by atoms with Crippen molar-refractivity contribution in [1.82, 2.24) is 5.32 Å². The van der Waals surface area contributed by atoms with Gasteiger partial charge in [0.25, 0.3) is 0 Å². The molecule has 2 aliphatic rings. The number of amides is 2. The number of nitrogens with zero attached hydrogens (tertiary/aromatic N) is 1. The number of anilines is 1. The summed E-state index contributed by atoms with van der Waals surface area (Å²) in [6.45, 7) is 0.355. The molecule has 1 aliphatic carbocycles. The Morgan fingerprint density at radius 3 is 2.32 bits per heavy atom. The van der Waals surface area contributed by atoms with E-state index in [2.05, 4.69) is 5.32 Å². The van der Waals surface area contributed by atoms with Crippen molar-refractivity contribution in [2.75, 3.05) is 11.4 Å². The third kappa shape index (κ3) is 5.00. The van der Waals surface area contributed by atoms with Crippen LogP contribution in [0.25, 0.3) is 0 Å². The fourth-order valence-corrected chi connectivity index (χ4v) is 3.92. The van der Waals surface area contributed by atoms with E-state index in [1.54, 1.807) is 23.1 Å². The summed E-state index contributed by atoms with van der Waals surface area (Å²) in [7, 11) is 0. The van der Waals surface area contributed by atoms with Crippen LogP contribution in [0, 0.1) is 5.92 Å². The highest BCUT2D eigenvalue weighted by molar-refractivity contribution is 6.35. The molecule has 2 amide bonds. The van der Waals surface area contributed by atoms with Crippen molar-refractivity contribution in [3.63, 3.8) is 0 Å². The van der Waals surface area contributed by atoms with Crippen LogP contribution in [-0.2, 0) is 9.59 Å². The van der Waals surface area contributed by atoms with Crippen LogP contribution in [0.4, 0.5) is 5.69 Å². The summed E-state index contributed by atoms with van der Waals surface area (Å²) in [5.41, 5.74) is 6.53. The van der Waals surface area contributed by atoms with Gasteiger partial charge in [-0.2, -0.15) is 0 Å². The Bertz CT molecular complexity index is 628. The summed E-state index contributed by atoms with van der Waals surface area (Å²) >= 11 is 12.0. The van der Waals surface area contributed by atoms with Gasteiger partial charge in [-0.25, -0.2) is 0 Å². The van der Waals surface area contributed by atoms with E-state index in [-0.39, 0.29) is 48.6 Å². The Balaban J connectivity index is 0.00000225. The van der Waals surface area contributed by atoms with Crippen LogP contribution in [0.1, 0.15) is 32.1 Å². The standard InChI is InChI=1S/C17H21Cl2N3O2.ClH/c18-11-6-12(19)8-15(7-11)22-9-10(5-16(22)23)17(24)21-14-3-1-13(20)2-4-14;/h6-8,10,13-14H,1-5,9,20H2,(H,21,24);1H. The maximum atomic E-state index is 12.5. The molecule has 0 radical (unpaired) electrons. The molecule has 0 aromatic heterocycles. The highest BCUT2D eigenvalue weighted by Gasteiger charge is 2.36. The number of hydrogen-bond acceptors (Lipinski definition) is 3. The van der Waals surface area contributed by atoms with Crippen molar-refractivity contribution in [2.24, 2.45) is 11.7 Å². The molecule has 2 fully saturated rings. The summed E-state index contributed by atoms with van der Waals surface area (Å²) in [6.07, 6.45) is 3.88. The molecule has 1 heterocycles. The third-order valence-electron chi connectivity index (χ3n) is 4.77. The topological polar surface area (TPSA) is 75.4 Å². The molecule has 138 valence electrons. The van der Waals surface area contributed by atoms with E-state index in [9.17, 15) is 9.59 Å². The maximum Gasteiger partial charge on any atom is 0.227 e. The quantitative estimate of drug-likeness (QED) is 0.809. The first-order chi connectivity index (χ1) is 11.4. The molecule has 1 aliphatic heterocycles. The number of benzene rings is 1. The van der Waals surface area contributed by atoms with Gasteiger partial charge in [-0.1, -0.05) is 23.2 Å². The smallest absolute Gasteiger partial charge is 0.227 e. The first kappa shape index (κ1) is 20.3. The molecule has 3 rings (SSSR count). The van der Waals surface area contributed by atoms with Gasteiger partial charge in [0, 0.05) is 40.8 Å². The highest BCUT2D eigenvalue weighted by atomic mass is 35.5. The van der Waals surface area contributed by atoms with Gasteiger partial charge in [0.05, 0.1) is 5.92 Å². The van der Waals surface area contributed by atoms with Crippen molar-refractivity contribution in [2.45, 2.75) is 44.2 Å². The minimum atomic E-state index is -0.342. The number of nitrogens with two attached hydrogens (primary N) is 1. The summed E-state index contributed by atoms with van der Waals surface area (Å²) in [5, 5.41) is 4.01. The monoisotopic (exact) mass is 405 g/mol. The molecule has 1 aromatic carbocycles. The fraction of sp³-hybridized carbons (Fsp3) is 0.529. The Kier molecular flexibility index (Phi) is 6.97. The van der Waals surface area contributed by atoms with Crippen LogP contribution in [0.15, 0.2) is 18.2 Å². The molecule has 8 heteroatoms. The van der Waals surface area contributed by atoms with Gasteiger partial charge in [0.2, 0.25) is 11.8 Å². The lowest BCUT2D eigenvalue weighted by Crippen LogP contribution is -2.43. The highest BCUT2D eigenvalue weighted by Crippen LogP contribution is 2.30. The SMILES string of the molecule is Cl.NC1CCC(NC(=O)C2CC(=O)N(c3cc(Cl)cc(Cl)c3)C2)CC1. The van der Waals surface area contributed by atoms with Gasteiger partial charge in [-0.15, -0.1) is 12.4 Å². The Labute approximate surface area is 163 Å². The summed E-state index contributed by atoms with van der Waals surface area (Å²) < 4.78 is 0. The molecule has 1 saturated heterocycles. The second-order valence-corrected chi connectivity index (χ2v) is 7.53. The predicted octanol–water partition coefficient (Wildman–Crippen LogP) is 3.15. The Morgan fingerprint density at radius 1 is 1.12 bits per heavy atom. The lowest BCUT2D eigenvalue weighted by Gasteiger charge is -2.27. The second-order valence-electron chi connectivity index (χ2n) is 6.65. The molecule has 1 saturated carbocycles. The minimum absolute atomic E-state index is 0. The summed E-state index contributed by atoms with van der Waals surface area (Å²) in [5.74, 6) is -0.482. The Hall–Kier alpha value is -1.01. The van der Waals surface area contributed by atoms with E-state index in [4.69, 9.17) is 28.9 Å². The Morgan fingerprint density at radius 2 is 1.72 bits per heavy atom. The van der Waals surface area contributed by atoms with E-state index < -0.39 is 0 Å². The number of rotatable bonds is 3. The fourth-order valence-electron chi connectivity index (χ4n) is 3.41. The van der Waals surface area contributed by atoms with Gasteiger partial charge in [0.15, 0.2) is 0 Å². The molecule has 5 nitrogen and oxygen atoms in total. The average molecular weight is 407 g/mol. The molecular formula is C17H22Cl3N3O2. The van der Waals surface area contributed by atoms with Crippen LogP contribution < -0.4 is 16.0 Å². The predicted molar refractivity (Wildman–Crippen MR) is 103 cm³/mol. The zero-order valence-corrected chi connectivity index (χ0v) is 16.0. The molecule has 1 atom stereocenters. The molecule has 1 aromatic rings. The largest absolute Gasteiger partial charge is 0.353 e. The molecule has 0 bridgehead atoms. The van der Waals surface area contributed by atoms with E-state index in [0.717, 1.165) is 25.7 Å². The van der Waals surface area contributed by atoms with Gasteiger partial charge in [-0.05, 0) is 43.9 Å². The van der Waals surface area contributed by atoms with Crippen LogP contribution in [0.2, 0.25) is 10.0 Å². The summed E-state index contributed by atoms with van der Waals surface area (Å²) in [6, 6.07) is 5.41. The van der Waals surface area contributed by atoms with Gasteiger partial charge in [0.1, 0.15) is 0 Å². The average Bonchev–Trinajstić information content (AvgIpc) is 2.91.